The maximum atomic E-state index is 13.2. The SMILES string of the molecule is Cc1ccc(CC(=O)N(Cc2cccc(Br)c2)[C@H](C)C(=O)NC(C)C)cc1C. The van der Waals surface area contributed by atoms with Crippen molar-refractivity contribution in [3.8, 4) is 0 Å². The molecule has 150 valence electrons. The molecule has 2 amide bonds. The fraction of sp³-hybridized carbons (Fsp3) is 0.391. The molecule has 2 aromatic rings. The summed E-state index contributed by atoms with van der Waals surface area (Å²) in [5, 5.41) is 2.91. The van der Waals surface area contributed by atoms with E-state index < -0.39 is 6.04 Å². The summed E-state index contributed by atoms with van der Waals surface area (Å²) < 4.78 is 0.950. The number of nitrogens with zero attached hydrogens (tertiary/aromatic N) is 1. The molecule has 5 heteroatoms. The number of nitrogens with one attached hydrogen (secondary N) is 1. The summed E-state index contributed by atoms with van der Waals surface area (Å²) >= 11 is 3.47. The van der Waals surface area contributed by atoms with Gasteiger partial charge in [0.2, 0.25) is 11.8 Å². The summed E-state index contributed by atoms with van der Waals surface area (Å²) in [5.74, 6) is -0.201. The average Bonchev–Trinajstić information content (AvgIpc) is 2.61. The van der Waals surface area contributed by atoms with Gasteiger partial charge in [0, 0.05) is 17.1 Å². The van der Waals surface area contributed by atoms with E-state index in [1.54, 1.807) is 11.8 Å². The summed E-state index contributed by atoms with van der Waals surface area (Å²) in [6, 6.07) is 13.4. The van der Waals surface area contributed by atoms with Crippen LogP contribution in [0.5, 0.6) is 0 Å². The van der Waals surface area contributed by atoms with Crippen LogP contribution in [0, 0.1) is 13.8 Å². The number of benzene rings is 2. The Bertz CT molecular complexity index is 848. The molecule has 1 N–H and O–H groups in total. The summed E-state index contributed by atoms with van der Waals surface area (Å²) in [6.07, 6.45) is 0.272. The molecule has 0 saturated carbocycles. The van der Waals surface area contributed by atoms with Crippen molar-refractivity contribution in [1.82, 2.24) is 10.2 Å². The van der Waals surface area contributed by atoms with E-state index in [0.29, 0.717) is 6.54 Å². The normalized spacial score (nSPS) is 12.0. The van der Waals surface area contributed by atoms with Crippen LogP contribution in [0.4, 0.5) is 0 Å². The molecule has 1 atom stereocenters. The molecule has 0 bridgehead atoms. The third-order valence-electron chi connectivity index (χ3n) is 4.77. The van der Waals surface area contributed by atoms with Crippen LogP contribution in [0.15, 0.2) is 46.9 Å². The lowest BCUT2D eigenvalue weighted by Crippen LogP contribution is -2.49. The Labute approximate surface area is 176 Å². The summed E-state index contributed by atoms with van der Waals surface area (Å²) in [4.78, 5) is 27.4. The van der Waals surface area contributed by atoms with Gasteiger partial charge < -0.3 is 10.2 Å². The highest BCUT2D eigenvalue weighted by Crippen LogP contribution is 2.17. The van der Waals surface area contributed by atoms with Gasteiger partial charge in [-0.05, 0) is 69.0 Å². The van der Waals surface area contributed by atoms with Crippen molar-refractivity contribution in [2.75, 3.05) is 0 Å². The largest absolute Gasteiger partial charge is 0.352 e. The third-order valence-corrected chi connectivity index (χ3v) is 5.26. The molecule has 0 radical (unpaired) electrons. The van der Waals surface area contributed by atoms with E-state index in [-0.39, 0.29) is 24.3 Å². The molecule has 0 saturated heterocycles. The van der Waals surface area contributed by atoms with Crippen LogP contribution in [0.1, 0.15) is 43.0 Å². The molecule has 28 heavy (non-hydrogen) atoms. The molecule has 0 aromatic heterocycles. The van der Waals surface area contributed by atoms with Gasteiger partial charge in [-0.15, -0.1) is 0 Å². The zero-order chi connectivity index (χ0) is 20.8. The van der Waals surface area contributed by atoms with Gasteiger partial charge in [-0.1, -0.05) is 46.3 Å². The standard InChI is InChI=1S/C23H29BrN2O2/c1-15(2)25-23(28)18(5)26(14-20-7-6-8-21(24)12-20)22(27)13-19-10-9-16(3)17(4)11-19/h6-12,15,18H,13-14H2,1-5H3,(H,25,28)/t18-/m1/s1. The second-order valence-electron chi connectivity index (χ2n) is 7.59. The number of carbonyl (C=O) groups excluding carboxylic acids is 2. The van der Waals surface area contributed by atoms with Gasteiger partial charge in [0.15, 0.2) is 0 Å². The van der Waals surface area contributed by atoms with Crippen molar-refractivity contribution in [2.45, 2.75) is 59.7 Å². The Hall–Kier alpha value is -2.14. The van der Waals surface area contributed by atoms with Crippen molar-refractivity contribution in [3.63, 3.8) is 0 Å². The molecule has 2 rings (SSSR count). The summed E-state index contributed by atoms with van der Waals surface area (Å²) in [5.41, 5.74) is 4.30. The lowest BCUT2D eigenvalue weighted by molar-refractivity contribution is -0.140. The van der Waals surface area contributed by atoms with Gasteiger partial charge in [0.25, 0.3) is 0 Å². The highest BCUT2D eigenvalue weighted by Gasteiger charge is 2.26. The van der Waals surface area contributed by atoms with Crippen LogP contribution in [-0.2, 0) is 22.6 Å². The first kappa shape index (κ1) is 22.2. The molecule has 0 aliphatic carbocycles. The van der Waals surface area contributed by atoms with E-state index in [1.165, 1.54) is 5.56 Å². The Morgan fingerprint density at radius 2 is 1.71 bits per heavy atom. The third kappa shape index (κ3) is 6.20. The zero-order valence-electron chi connectivity index (χ0n) is 17.3. The van der Waals surface area contributed by atoms with Crippen LogP contribution in [-0.4, -0.2) is 28.8 Å². The molecule has 2 aromatic carbocycles. The highest BCUT2D eigenvalue weighted by molar-refractivity contribution is 9.10. The first-order valence-electron chi connectivity index (χ1n) is 9.57. The minimum atomic E-state index is -0.555. The van der Waals surface area contributed by atoms with E-state index in [2.05, 4.69) is 28.2 Å². The van der Waals surface area contributed by atoms with Gasteiger partial charge in [0.05, 0.1) is 6.42 Å². The van der Waals surface area contributed by atoms with Crippen LogP contribution in [0.3, 0.4) is 0 Å². The first-order valence-corrected chi connectivity index (χ1v) is 10.4. The Morgan fingerprint density at radius 1 is 1.00 bits per heavy atom. The number of hydrogen-bond donors (Lipinski definition) is 1. The molecule has 0 heterocycles. The quantitative estimate of drug-likeness (QED) is 0.680. The monoisotopic (exact) mass is 444 g/mol. The van der Waals surface area contributed by atoms with E-state index in [1.807, 2.05) is 63.2 Å². The minimum absolute atomic E-state index is 0.0255. The molecule has 0 aliphatic heterocycles. The van der Waals surface area contributed by atoms with Crippen molar-refractivity contribution >= 4 is 27.7 Å². The van der Waals surface area contributed by atoms with Gasteiger partial charge in [-0.3, -0.25) is 9.59 Å². The second-order valence-corrected chi connectivity index (χ2v) is 8.50. The summed E-state index contributed by atoms with van der Waals surface area (Å²) in [7, 11) is 0. The van der Waals surface area contributed by atoms with Crippen LogP contribution >= 0.6 is 15.9 Å². The topological polar surface area (TPSA) is 49.4 Å². The van der Waals surface area contributed by atoms with Gasteiger partial charge in [0.1, 0.15) is 6.04 Å². The van der Waals surface area contributed by atoms with Gasteiger partial charge in [-0.2, -0.15) is 0 Å². The van der Waals surface area contributed by atoms with Crippen molar-refractivity contribution in [2.24, 2.45) is 0 Å². The van der Waals surface area contributed by atoms with Crippen molar-refractivity contribution in [3.05, 3.63) is 69.2 Å². The molecule has 0 fully saturated rings. The Balaban J connectivity index is 2.26. The molecule has 0 aliphatic rings. The molecular weight excluding hydrogens is 416 g/mol. The fourth-order valence-electron chi connectivity index (χ4n) is 3.01. The Morgan fingerprint density at radius 3 is 2.32 bits per heavy atom. The Kier molecular flexibility index (Phi) is 7.81. The molecule has 0 spiro atoms. The van der Waals surface area contributed by atoms with E-state index in [0.717, 1.165) is 21.2 Å². The zero-order valence-corrected chi connectivity index (χ0v) is 18.8. The van der Waals surface area contributed by atoms with Crippen LogP contribution in [0.2, 0.25) is 0 Å². The highest BCUT2D eigenvalue weighted by atomic mass is 79.9. The van der Waals surface area contributed by atoms with Crippen LogP contribution in [0.25, 0.3) is 0 Å². The lowest BCUT2D eigenvalue weighted by atomic mass is 10.0. The summed E-state index contributed by atoms with van der Waals surface area (Å²) in [6.45, 7) is 10.1. The smallest absolute Gasteiger partial charge is 0.242 e. The maximum absolute atomic E-state index is 13.2. The lowest BCUT2D eigenvalue weighted by Gasteiger charge is -2.29. The van der Waals surface area contributed by atoms with E-state index >= 15 is 0 Å². The van der Waals surface area contributed by atoms with Crippen LogP contribution < -0.4 is 5.32 Å². The maximum Gasteiger partial charge on any atom is 0.242 e. The minimum Gasteiger partial charge on any atom is -0.352 e. The number of halogens is 1. The average molecular weight is 445 g/mol. The van der Waals surface area contributed by atoms with Gasteiger partial charge >= 0.3 is 0 Å². The number of amides is 2. The van der Waals surface area contributed by atoms with E-state index in [9.17, 15) is 9.59 Å². The van der Waals surface area contributed by atoms with Crippen molar-refractivity contribution < 1.29 is 9.59 Å². The number of carbonyl (C=O) groups is 2. The van der Waals surface area contributed by atoms with E-state index in [4.69, 9.17) is 0 Å². The number of aryl methyl sites for hydroxylation is 2. The first-order chi connectivity index (χ1) is 13.2. The molecule has 0 unspecified atom stereocenters. The predicted octanol–water partition coefficient (Wildman–Crippen LogP) is 4.55. The molecule has 4 nitrogen and oxygen atoms in total. The number of rotatable bonds is 7. The number of hydrogen-bond acceptors (Lipinski definition) is 2. The van der Waals surface area contributed by atoms with Gasteiger partial charge in [-0.25, -0.2) is 0 Å². The molecular formula is C23H29BrN2O2. The van der Waals surface area contributed by atoms with Crippen molar-refractivity contribution in [1.29, 1.82) is 0 Å². The second kappa shape index (κ2) is 9.87. The predicted molar refractivity (Wildman–Crippen MR) is 117 cm³/mol. The fourth-order valence-corrected chi connectivity index (χ4v) is 3.46.